The number of hydrogen-bond donors (Lipinski definition) is 2. The number of cyclic esters (lactones) is 1. The number of halogens is 3. The number of nitrogens with zero attached hydrogens (tertiary/aromatic N) is 1. The molecule has 1 aromatic heterocycles. The maximum absolute atomic E-state index is 12.9. The topological polar surface area (TPSA) is 93.2 Å². The van der Waals surface area contributed by atoms with Crippen molar-refractivity contribution in [2.75, 3.05) is 11.9 Å². The van der Waals surface area contributed by atoms with E-state index in [2.05, 4.69) is 10.3 Å². The van der Waals surface area contributed by atoms with Gasteiger partial charge in [-0.2, -0.15) is 13.2 Å². The van der Waals surface area contributed by atoms with Gasteiger partial charge in [-0.05, 0) is 24.6 Å². The number of hydrogen-bond acceptors (Lipinski definition) is 5. The van der Waals surface area contributed by atoms with Gasteiger partial charge in [-0.3, -0.25) is 14.3 Å². The Morgan fingerprint density at radius 3 is 2.46 bits per heavy atom. The van der Waals surface area contributed by atoms with Crippen LogP contribution in [0.25, 0.3) is 0 Å². The normalized spacial score (nSPS) is 18.4. The Bertz CT molecular complexity index is 1130. The summed E-state index contributed by atoms with van der Waals surface area (Å²) in [4.78, 5) is 39.2. The highest BCUT2D eigenvalue weighted by Crippen LogP contribution is 2.42. The second-order valence-corrected chi connectivity index (χ2v) is 6.41. The Balaban J connectivity index is 1.97. The molecule has 2 N–H and O–H groups in total. The van der Waals surface area contributed by atoms with Crippen molar-refractivity contribution in [3.63, 3.8) is 0 Å². The molecule has 0 aliphatic carbocycles. The molecule has 2 aliphatic heterocycles. The maximum atomic E-state index is 12.9. The van der Waals surface area contributed by atoms with E-state index in [0.717, 1.165) is 12.1 Å². The largest absolute Gasteiger partial charge is 0.456 e. The third-order valence-corrected chi connectivity index (χ3v) is 4.86. The van der Waals surface area contributed by atoms with Crippen LogP contribution in [0.2, 0.25) is 0 Å². The highest BCUT2D eigenvalue weighted by molar-refractivity contribution is 5.96. The van der Waals surface area contributed by atoms with Crippen LogP contribution in [0.1, 0.15) is 29.5 Å². The maximum Gasteiger partial charge on any atom is 0.416 e. The minimum atomic E-state index is -4.51. The van der Waals surface area contributed by atoms with Crippen molar-refractivity contribution in [3.05, 3.63) is 73.1 Å². The summed E-state index contributed by atoms with van der Waals surface area (Å²) in [6.45, 7) is 1.87. The molecule has 7 nitrogen and oxygen atoms in total. The van der Waals surface area contributed by atoms with Crippen LogP contribution < -0.4 is 16.6 Å². The molecule has 4 rings (SSSR count). The van der Waals surface area contributed by atoms with E-state index in [1.807, 2.05) is 0 Å². The molecule has 1 aromatic carbocycles. The molecule has 28 heavy (non-hydrogen) atoms. The molecule has 10 heteroatoms. The predicted molar refractivity (Wildman–Crippen MR) is 91.9 cm³/mol. The van der Waals surface area contributed by atoms with Crippen molar-refractivity contribution in [2.24, 2.45) is 0 Å². The first-order valence-electron chi connectivity index (χ1n) is 8.43. The molecule has 0 fully saturated rings. The summed E-state index contributed by atoms with van der Waals surface area (Å²) in [5, 5.41) is 2.92. The molecular formula is C18H14F3N3O4. The number of benzene rings is 1. The Morgan fingerprint density at radius 2 is 1.86 bits per heavy atom. The zero-order valence-corrected chi connectivity index (χ0v) is 14.5. The number of nitrogens with one attached hydrogen (secondary N) is 2. The summed E-state index contributed by atoms with van der Waals surface area (Å²) in [6.07, 6.45) is -4.51. The molecule has 0 amide bonds. The van der Waals surface area contributed by atoms with Gasteiger partial charge in [-0.1, -0.05) is 12.1 Å². The second-order valence-electron chi connectivity index (χ2n) is 6.41. The first-order valence-corrected chi connectivity index (χ1v) is 8.43. The van der Waals surface area contributed by atoms with E-state index in [0.29, 0.717) is 11.3 Å². The number of anilines is 1. The van der Waals surface area contributed by atoms with Crippen molar-refractivity contribution in [2.45, 2.75) is 25.6 Å². The molecule has 1 unspecified atom stereocenters. The number of aromatic nitrogens is 2. The lowest BCUT2D eigenvalue weighted by Crippen LogP contribution is -2.38. The van der Waals surface area contributed by atoms with Gasteiger partial charge in [0.2, 0.25) is 0 Å². The zero-order valence-electron chi connectivity index (χ0n) is 14.5. The average Bonchev–Trinajstić information content (AvgIpc) is 3.00. The minimum absolute atomic E-state index is 0.0740. The number of carbonyl (C=O) groups is 1. The van der Waals surface area contributed by atoms with E-state index >= 15 is 0 Å². The summed E-state index contributed by atoms with van der Waals surface area (Å²) in [5.41, 5.74) is -1.25. The molecule has 0 spiro atoms. The van der Waals surface area contributed by atoms with Gasteiger partial charge in [0.1, 0.15) is 12.4 Å². The molecule has 2 aliphatic rings. The van der Waals surface area contributed by atoms with Gasteiger partial charge in [0.05, 0.1) is 28.3 Å². The highest BCUT2D eigenvalue weighted by Gasteiger charge is 2.41. The number of fused-ring (bicyclic) bond motifs is 1. The molecule has 3 heterocycles. The minimum Gasteiger partial charge on any atom is -0.456 e. The van der Waals surface area contributed by atoms with Crippen molar-refractivity contribution in [1.29, 1.82) is 0 Å². The third-order valence-electron chi connectivity index (χ3n) is 4.86. The van der Waals surface area contributed by atoms with E-state index in [1.165, 1.54) is 16.7 Å². The number of alkyl halides is 3. The number of esters is 1. The number of rotatable bonds is 2. The highest BCUT2D eigenvalue weighted by atomic mass is 19.4. The van der Waals surface area contributed by atoms with Gasteiger partial charge in [-0.15, -0.1) is 0 Å². The van der Waals surface area contributed by atoms with Gasteiger partial charge in [-0.25, -0.2) is 9.59 Å². The molecule has 2 aromatic rings. The fourth-order valence-corrected chi connectivity index (χ4v) is 3.59. The lowest BCUT2D eigenvalue weighted by molar-refractivity contribution is -0.138. The molecule has 0 bridgehead atoms. The molecular weight excluding hydrogens is 379 g/mol. The first-order chi connectivity index (χ1) is 13.2. The Hall–Kier alpha value is -3.30. The third kappa shape index (κ3) is 2.63. The van der Waals surface area contributed by atoms with Crippen LogP contribution in [0.15, 0.2) is 45.1 Å². The summed E-state index contributed by atoms with van der Waals surface area (Å²) >= 11 is 0. The summed E-state index contributed by atoms with van der Waals surface area (Å²) in [5.74, 6) is -1.41. The van der Waals surface area contributed by atoms with Crippen LogP contribution in [0.3, 0.4) is 0 Å². The van der Waals surface area contributed by atoms with Crippen LogP contribution >= 0.6 is 0 Å². The molecule has 0 radical (unpaired) electrons. The quantitative estimate of drug-likeness (QED) is 0.761. The first kappa shape index (κ1) is 18.1. The lowest BCUT2D eigenvalue weighted by atomic mass is 9.82. The van der Waals surface area contributed by atoms with Gasteiger partial charge in [0.25, 0.3) is 5.56 Å². The van der Waals surface area contributed by atoms with E-state index in [4.69, 9.17) is 4.74 Å². The fraction of sp³-hybridized carbons (Fsp3) is 0.278. The van der Waals surface area contributed by atoms with Crippen molar-refractivity contribution in [1.82, 2.24) is 9.55 Å². The predicted octanol–water partition coefficient (Wildman–Crippen LogP) is 1.94. The Morgan fingerprint density at radius 1 is 1.18 bits per heavy atom. The summed E-state index contributed by atoms with van der Waals surface area (Å²) in [7, 11) is 0. The molecule has 1 atom stereocenters. The molecule has 146 valence electrons. The number of H-pyrrole nitrogens is 1. The smallest absolute Gasteiger partial charge is 0.416 e. The Labute approximate surface area is 155 Å². The van der Waals surface area contributed by atoms with Gasteiger partial charge in [0.15, 0.2) is 0 Å². The SMILES string of the molecule is CCn1c2c(c(=O)[nH]c1=O)C(c1ccc(C(F)(F)F)cc1)C1=C(COC1=O)N2. The summed E-state index contributed by atoms with van der Waals surface area (Å²) < 4.78 is 45.0. The standard InChI is InChI=1S/C18H14F3N3O4/c1-2-24-14-13(15(25)23-17(24)27)11(12-10(22-14)7-28-16(12)26)8-3-5-9(6-4-8)18(19,20)21/h3-6,11,22H,2,7H2,1H3,(H,23,25,27). The molecule has 0 saturated carbocycles. The number of carbonyl (C=O) groups excluding carboxylic acids is 1. The fourth-order valence-electron chi connectivity index (χ4n) is 3.59. The van der Waals surface area contributed by atoms with E-state index < -0.39 is 34.9 Å². The Kier molecular flexibility index (Phi) is 3.95. The number of ether oxygens (including phenoxy) is 1. The van der Waals surface area contributed by atoms with Crippen LogP contribution in [0, 0.1) is 0 Å². The molecule has 0 saturated heterocycles. The van der Waals surface area contributed by atoms with Gasteiger partial charge >= 0.3 is 17.8 Å². The van der Waals surface area contributed by atoms with Crippen molar-refractivity contribution in [3.8, 4) is 0 Å². The van der Waals surface area contributed by atoms with Crippen LogP contribution in [0.4, 0.5) is 19.0 Å². The van der Waals surface area contributed by atoms with Crippen LogP contribution in [0.5, 0.6) is 0 Å². The van der Waals surface area contributed by atoms with Gasteiger partial charge in [0, 0.05) is 6.54 Å². The second kappa shape index (κ2) is 6.11. The lowest BCUT2D eigenvalue weighted by Gasteiger charge is -2.28. The van der Waals surface area contributed by atoms with Crippen molar-refractivity contribution < 1.29 is 22.7 Å². The van der Waals surface area contributed by atoms with Crippen LogP contribution in [-0.4, -0.2) is 22.1 Å². The van der Waals surface area contributed by atoms with E-state index in [9.17, 15) is 27.6 Å². The number of aromatic amines is 1. The average molecular weight is 393 g/mol. The van der Waals surface area contributed by atoms with Crippen LogP contribution in [-0.2, 0) is 22.3 Å². The monoisotopic (exact) mass is 393 g/mol. The van der Waals surface area contributed by atoms with E-state index in [-0.39, 0.29) is 30.1 Å². The van der Waals surface area contributed by atoms with Gasteiger partial charge < -0.3 is 10.1 Å². The van der Waals surface area contributed by atoms with E-state index in [1.54, 1.807) is 6.92 Å². The summed E-state index contributed by atoms with van der Waals surface area (Å²) in [6, 6.07) is 4.22. The van der Waals surface area contributed by atoms with Crippen molar-refractivity contribution >= 4 is 11.8 Å². The zero-order chi connectivity index (χ0) is 20.2.